The van der Waals surface area contributed by atoms with Gasteiger partial charge in [-0.1, -0.05) is 15.9 Å². The summed E-state index contributed by atoms with van der Waals surface area (Å²) in [4.78, 5) is 23.5. The molecule has 0 saturated heterocycles. The van der Waals surface area contributed by atoms with Crippen molar-refractivity contribution in [3.63, 3.8) is 0 Å². The maximum atomic E-state index is 11.8. The summed E-state index contributed by atoms with van der Waals surface area (Å²) in [5, 5.41) is 14.9. The maximum Gasteiger partial charge on any atom is 0.251 e. The van der Waals surface area contributed by atoms with Gasteiger partial charge >= 0.3 is 0 Å². The van der Waals surface area contributed by atoms with Gasteiger partial charge in [0.25, 0.3) is 5.91 Å². The van der Waals surface area contributed by atoms with Crippen LogP contribution in [0.5, 0.6) is 0 Å². The van der Waals surface area contributed by atoms with Gasteiger partial charge in [0.15, 0.2) is 0 Å². The second-order valence-corrected chi connectivity index (χ2v) is 5.78. The molecule has 1 aliphatic carbocycles. The molecular formula is C14H17BrN2O3. The van der Waals surface area contributed by atoms with E-state index in [1.54, 1.807) is 24.3 Å². The second-order valence-electron chi connectivity index (χ2n) is 4.86. The smallest absolute Gasteiger partial charge is 0.251 e. The molecule has 2 amide bonds. The van der Waals surface area contributed by atoms with Gasteiger partial charge in [0, 0.05) is 10.0 Å². The van der Waals surface area contributed by atoms with Crippen molar-refractivity contribution in [2.45, 2.75) is 31.4 Å². The van der Waals surface area contributed by atoms with Crippen LogP contribution in [0.3, 0.4) is 0 Å². The van der Waals surface area contributed by atoms with Gasteiger partial charge in [-0.15, -0.1) is 0 Å². The van der Waals surface area contributed by atoms with E-state index < -0.39 is 6.10 Å². The summed E-state index contributed by atoms with van der Waals surface area (Å²) in [6.45, 7) is -0.0852. The third-order valence-electron chi connectivity index (χ3n) is 3.34. The molecule has 0 unspecified atom stereocenters. The van der Waals surface area contributed by atoms with Crippen LogP contribution in [0.1, 0.15) is 29.6 Å². The number of rotatable bonds is 4. The van der Waals surface area contributed by atoms with Crippen molar-refractivity contribution in [2.75, 3.05) is 6.54 Å². The molecule has 108 valence electrons. The van der Waals surface area contributed by atoms with Crippen molar-refractivity contribution in [3.05, 3.63) is 34.3 Å². The van der Waals surface area contributed by atoms with Crippen LogP contribution in [0, 0.1) is 0 Å². The second kappa shape index (κ2) is 6.85. The Morgan fingerprint density at radius 3 is 2.55 bits per heavy atom. The van der Waals surface area contributed by atoms with Crippen LogP contribution in [-0.4, -0.2) is 35.6 Å². The SMILES string of the molecule is O=C(CNC(=O)c1ccc(Br)cc1)N[C@H]1CCC[C@H]1O. The highest BCUT2D eigenvalue weighted by molar-refractivity contribution is 9.10. The van der Waals surface area contributed by atoms with Gasteiger partial charge in [-0.05, 0) is 43.5 Å². The fourth-order valence-electron chi connectivity index (χ4n) is 2.23. The van der Waals surface area contributed by atoms with E-state index in [0.29, 0.717) is 5.56 Å². The molecular weight excluding hydrogens is 324 g/mol. The van der Waals surface area contributed by atoms with Gasteiger partial charge < -0.3 is 15.7 Å². The molecule has 0 radical (unpaired) electrons. The summed E-state index contributed by atoms with van der Waals surface area (Å²) in [6, 6.07) is 6.70. The molecule has 1 aromatic carbocycles. The van der Waals surface area contributed by atoms with Crippen molar-refractivity contribution in [1.29, 1.82) is 0 Å². The number of benzene rings is 1. The highest BCUT2D eigenvalue weighted by atomic mass is 79.9. The fraction of sp³-hybridized carbons (Fsp3) is 0.429. The monoisotopic (exact) mass is 340 g/mol. The standard InChI is InChI=1S/C14H17BrN2O3/c15-10-6-4-9(5-7-10)14(20)16-8-13(19)17-11-2-1-3-12(11)18/h4-7,11-12,18H,1-3,8H2,(H,16,20)(H,17,19)/t11-,12+/m0/s1. The lowest BCUT2D eigenvalue weighted by molar-refractivity contribution is -0.121. The largest absolute Gasteiger partial charge is 0.391 e. The van der Waals surface area contributed by atoms with Crippen LogP contribution in [0.25, 0.3) is 0 Å². The number of hydrogen-bond acceptors (Lipinski definition) is 3. The summed E-state index contributed by atoms with van der Waals surface area (Å²) >= 11 is 3.29. The molecule has 5 nitrogen and oxygen atoms in total. The molecule has 0 bridgehead atoms. The summed E-state index contributed by atoms with van der Waals surface area (Å²) in [6.07, 6.45) is 1.95. The van der Waals surface area contributed by atoms with Crippen molar-refractivity contribution in [3.8, 4) is 0 Å². The van der Waals surface area contributed by atoms with Crippen molar-refractivity contribution < 1.29 is 14.7 Å². The van der Waals surface area contributed by atoms with E-state index in [2.05, 4.69) is 26.6 Å². The van der Waals surface area contributed by atoms with Crippen LogP contribution in [0.4, 0.5) is 0 Å². The van der Waals surface area contributed by atoms with Gasteiger partial charge in [0.05, 0.1) is 18.7 Å². The average molecular weight is 341 g/mol. The number of aliphatic hydroxyl groups is 1. The summed E-state index contributed by atoms with van der Waals surface area (Å²) in [5.74, 6) is -0.568. The maximum absolute atomic E-state index is 11.8. The molecule has 1 aromatic rings. The molecule has 2 rings (SSSR count). The Morgan fingerprint density at radius 2 is 1.95 bits per heavy atom. The molecule has 1 saturated carbocycles. The highest BCUT2D eigenvalue weighted by Crippen LogP contribution is 2.18. The molecule has 0 aliphatic heterocycles. The topological polar surface area (TPSA) is 78.4 Å². The van der Waals surface area contributed by atoms with Gasteiger partial charge in [-0.25, -0.2) is 0 Å². The van der Waals surface area contributed by atoms with E-state index in [4.69, 9.17) is 0 Å². The zero-order chi connectivity index (χ0) is 14.5. The molecule has 6 heteroatoms. The van der Waals surface area contributed by atoms with Crippen LogP contribution in [0.2, 0.25) is 0 Å². The Morgan fingerprint density at radius 1 is 1.25 bits per heavy atom. The number of carbonyl (C=O) groups excluding carboxylic acids is 2. The zero-order valence-corrected chi connectivity index (χ0v) is 12.5. The first kappa shape index (κ1) is 15.0. The number of aliphatic hydroxyl groups excluding tert-OH is 1. The normalized spacial score (nSPS) is 21.5. The number of nitrogens with one attached hydrogen (secondary N) is 2. The lowest BCUT2D eigenvalue weighted by Gasteiger charge is -2.16. The quantitative estimate of drug-likeness (QED) is 0.770. The first-order chi connectivity index (χ1) is 9.56. The minimum atomic E-state index is -0.471. The van der Waals surface area contributed by atoms with Gasteiger partial charge in [-0.2, -0.15) is 0 Å². The van der Waals surface area contributed by atoms with E-state index in [9.17, 15) is 14.7 Å². The molecule has 0 aromatic heterocycles. The average Bonchev–Trinajstić information content (AvgIpc) is 2.82. The van der Waals surface area contributed by atoms with Gasteiger partial charge in [0.1, 0.15) is 0 Å². The first-order valence-electron chi connectivity index (χ1n) is 6.57. The molecule has 0 heterocycles. The van der Waals surface area contributed by atoms with Crippen molar-refractivity contribution in [1.82, 2.24) is 10.6 Å². The predicted octanol–water partition coefficient (Wildman–Crippen LogP) is 1.21. The van der Waals surface area contributed by atoms with E-state index in [1.807, 2.05) is 0 Å². The van der Waals surface area contributed by atoms with E-state index in [1.165, 1.54) is 0 Å². The Kier molecular flexibility index (Phi) is 5.14. The number of amides is 2. The number of carbonyl (C=O) groups is 2. The van der Waals surface area contributed by atoms with Crippen LogP contribution < -0.4 is 10.6 Å². The minimum Gasteiger partial charge on any atom is -0.391 e. The minimum absolute atomic E-state index is 0.0852. The molecule has 0 spiro atoms. The Hall–Kier alpha value is -1.40. The van der Waals surface area contributed by atoms with Crippen LogP contribution in [0.15, 0.2) is 28.7 Å². The molecule has 3 N–H and O–H groups in total. The predicted molar refractivity (Wildman–Crippen MR) is 78.3 cm³/mol. The number of hydrogen-bond donors (Lipinski definition) is 3. The van der Waals surface area contributed by atoms with Gasteiger partial charge in [-0.3, -0.25) is 9.59 Å². The fourth-order valence-corrected chi connectivity index (χ4v) is 2.49. The summed E-state index contributed by atoms with van der Waals surface area (Å²) < 4.78 is 0.891. The summed E-state index contributed by atoms with van der Waals surface area (Å²) in [5.41, 5.74) is 0.502. The highest BCUT2D eigenvalue weighted by Gasteiger charge is 2.26. The molecule has 1 aliphatic rings. The first-order valence-corrected chi connectivity index (χ1v) is 7.37. The lowest BCUT2D eigenvalue weighted by Crippen LogP contribution is -2.44. The van der Waals surface area contributed by atoms with Gasteiger partial charge in [0.2, 0.25) is 5.91 Å². The van der Waals surface area contributed by atoms with E-state index >= 15 is 0 Å². The van der Waals surface area contributed by atoms with Crippen molar-refractivity contribution >= 4 is 27.7 Å². The summed E-state index contributed by atoms with van der Waals surface area (Å²) in [7, 11) is 0. The van der Waals surface area contributed by atoms with Crippen LogP contribution in [-0.2, 0) is 4.79 Å². The zero-order valence-electron chi connectivity index (χ0n) is 10.9. The molecule has 20 heavy (non-hydrogen) atoms. The third-order valence-corrected chi connectivity index (χ3v) is 3.87. The Labute approximate surface area is 125 Å². The Balaban J connectivity index is 1.78. The van der Waals surface area contributed by atoms with Crippen LogP contribution >= 0.6 is 15.9 Å². The number of halogens is 1. The molecule has 2 atom stereocenters. The van der Waals surface area contributed by atoms with Crippen molar-refractivity contribution in [2.24, 2.45) is 0 Å². The Bertz CT molecular complexity index is 490. The lowest BCUT2D eigenvalue weighted by atomic mass is 10.2. The third kappa shape index (κ3) is 4.05. The molecule has 1 fully saturated rings. The van der Waals surface area contributed by atoms with E-state index in [0.717, 1.165) is 23.7 Å². The van der Waals surface area contributed by atoms with E-state index in [-0.39, 0.29) is 24.4 Å².